The lowest BCUT2D eigenvalue weighted by atomic mass is 9.51. The summed E-state index contributed by atoms with van der Waals surface area (Å²) in [5, 5.41) is 0. The lowest BCUT2D eigenvalue weighted by Gasteiger charge is -2.52. The Hall–Kier alpha value is -0.920. The maximum absolute atomic E-state index is 12.3. The Morgan fingerprint density at radius 1 is 1.10 bits per heavy atom. The van der Waals surface area contributed by atoms with E-state index in [2.05, 4.69) is 13.0 Å². The van der Waals surface area contributed by atoms with Crippen molar-refractivity contribution < 1.29 is 9.59 Å². The molecule has 4 aliphatic rings. The molecule has 0 aromatic rings. The SMILES string of the molecule is C[C@]12CC[C@@H]3[C@H]4C=CC(=O)C[C@@H]4CC[C@H]3[C@@H]1CCC2=O. The number of carbonyl (C=O) groups is 2. The van der Waals surface area contributed by atoms with Crippen LogP contribution < -0.4 is 0 Å². The monoisotopic (exact) mass is 272 g/mol. The van der Waals surface area contributed by atoms with E-state index in [-0.39, 0.29) is 5.41 Å². The fraction of sp³-hybridized carbons (Fsp3) is 0.778. The summed E-state index contributed by atoms with van der Waals surface area (Å²) in [6.07, 6.45) is 11.5. The van der Waals surface area contributed by atoms with Gasteiger partial charge in [0.2, 0.25) is 0 Å². The van der Waals surface area contributed by atoms with Crippen LogP contribution in [0.15, 0.2) is 12.2 Å². The van der Waals surface area contributed by atoms with Crippen molar-refractivity contribution in [1.29, 1.82) is 0 Å². The van der Waals surface area contributed by atoms with E-state index in [0.717, 1.165) is 37.5 Å². The van der Waals surface area contributed by atoms with Crippen molar-refractivity contribution in [3.63, 3.8) is 0 Å². The molecule has 2 heteroatoms. The van der Waals surface area contributed by atoms with E-state index >= 15 is 0 Å². The Kier molecular flexibility index (Phi) is 2.74. The van der Waals surface area contributed by atoms with Crippen LogP contribution in [0.5, 0.6) is 0 Å². The van der Waals surface area contributed by atoms with Crippen LogP contribution in [-0.2, 0) is 9.59 Å². The van der Waals surface area contributed by atoms with Gasteiger partial charge in [-0.05, 0) is 67.8 Å². The van der Waals surface area contributed by atoms with Crippen molar-refractivity contribution in [2.45, 2.75) is 51.9 Å². The number of rotatable bonds is 0. The second kappa shape index (κ2) is 4.29. The van der Waals surface area contributed by atoms with Crippen molar-refractivity contribution >= 4 is 11.6 Å². The predicted octanol–water partition coefficient (Wildman–Crippen LogP) is 3.55. The molecule has 3 saturated carbocycles. The van der Waals surface area contributed by atoms with Crippen molar-refractivity contribution in [3.8, 4) is 0 Å². The molecule has 0 spiro atoms. The smallest absolute Gasteiger partial charge is 0.155 e. The van der Waals surface area contributed by atoms with Crippen molar-refractivity contribution in [2.75, 3.05) is 0 Å². The Morgan fingerprint density at radius 2 is 1.95 bits per heavy atom. The van der Waals surface area contributed by atoms with E-state index in [1.165, 1.54) is 19.3 Å². The van der Waals surface area contributed by atoms with Gasteiger partial charge in [-0.2, -0.15) is 0 Å². The summed E-state index contributed by atoms with van der Waals surface area (Å²) < 4.78 is 0. The van der Waals surface area contributed by atoms with Gasteiger partial charge in [0.25, 0.3) is 0 Å². The maximum atomic E-state index is 12.3. The van der Waals surface area contributed by atoms with Gasteiger partial charge in [-0.25, -0.2) is 0 Å². The Bertz CT molecular complexity index is 492. The van der Waals surface area contributed by atoms with Gasteiger partial charge in [-0.1, -0.05) is 13.0 Å². The van der Waals surface area contributed by atoms with Gasteiger partial charge >= 0.3 is 0 Å². The van der Waals surface area contributed by atoms with Crippen molar-refractivity contribution in [1.82, 2.24) is 0 Å². The van der Waals surface area contributed by atoms with Gasteiger partial charge in [0, 0.05) is 18.3 Å². The van der Waals surface area contributed by atoms with E-state index < -0.39 is 0 Å². The molecule has 0 unspecified atom stereocenters. The number of carbonyl (C=O) groups excluding carboxylic acids is 2. The second-order valence-corrected chi connectivity index (χ2v) is 7.80. The first-order valence-corrected chi connectivity index (χ1v) is 8.34. The zero-order valence-electron chi connectivity index (χ0n) is 12.3. The molecular weight excluding hydrogens is 248 g/mol. The Morgan fingerprint density at radius 3 is 2.80 bits per heavy atom. The Balaban J connectivity index is 1.64. The van der Waals surface area contributed by atoms with Gasteiger partial charge in [-0.15, -0.1) is 0 Å². The largest absolute Gasteiger partial charge is 0.299 e. The fourth-order valence-corrected chi connectivity index (χ4v) is 6.01. The minimum Gasteiger partial charge on any atom is -0.299 e. The average Bonchev–Trinajstić information content (AvgIpc) is 2.74. The first-order valence-electron chi connectivity index (χ1n) is 8.34. The highest BCUT2D eigenvalue weighted by Gasteiger charge is 2.56. The Labute approximate surface area is 121 Å². The van der Waals surface area contributed by atoms with Crippen LogP contribution in [0.3, 0.4) is 0 Å². The first kappa shape index (κ1) is 12.8. The number of allylic oxidation sites excluding steroid dienone is 2. The van der Waals surface area contributed by atoms with E-state index in [0.29, 0.717) is 29.3 Å². The highest BCUT2D eigenvalue weighted by atomic mass is 16.1. The summed E-state index contributed by atoms with van der Waals surface area (Å²) in [7, 11) is 0. The lowest BCUT2D eigenvalue weighted by molar-refractivity contribution is -0.132. The van der Waals surface area contributed by atoms with E-state index in [1.807, 2.05) is 6.08 Å². The van der Waals surface area contributed by atoms with Crippen molar-refractivity contribution in [2.24, 2.45) is 35.0 Å². The van der Waals surface area contributed by atoms with E-state index in [4.69, 9.17) is 0 Å². The lowest BCUT2D eigenvalue weighted by Crippen LogP contribution is -2.47. The highest BCUT2D eigenvalue weighted by Crippen LogP contribution is 2.60. The summed E-state index contributed by atoms with van der Waals surface area (Å²) in [5.74, 6) is 4.16. The van der Waals surface area contributed by atoms with E-state index in [9.17, 15) is 9.59 Å². The number of fused-ring (bicyclic) bond motifs is 5. The third-order valence-electron chi connectivity index (χ3n) is 7.08. The molecule has 0 amide bonds. The molecule has 4 aliphatic carbocycles. The molecule has 6 atom stereocenters. The van der Waals surface area contributed by atoms with Crippen LogP contribution in [0.4, 0.5) is 0 Å². The van der Waals surface area contributed by atoms with Gasteiger partial charge in [0.1, 0.15) is 5.78 Å². The molecule has 20 heavy (non-hydrogen) atoms. The third-order valence-corrected chi connectivity index (χ3v) is 7.08. The highest BCUT2D eigenvalue weighted by molar-refractivity contribution is 5.90. The van der Waals surface area contributed by atoms with Crippen LogP contribution in [-0.4, -0.2) is 11.6 Å². The fourth-order valence-electron chi connectivity index (χ4n) is 6.01. The molecule has 108 valence electrons. The molecule has 0 aromatic carbocycles. The number of hydrogen-bond donors (Lipinski definition) is 0. The molecule has 2 nitrogen and oxygen atoms in total. The topological polar surface area (TPSA) is 34.1 Å². The molecule has 4 rings (SSSR count). The normalized spacial score (nSPS) is 50.5. The summed E-state index contributed by atoms with van der Waals surface area (Å²) >= 11 is 0. The van der Waals surface area contributed by atoms with Gasteiger partial charge < -0.3 is 0 Å². The van der Waals surface area contributed by atoms with Crippen LogP contribution in [0, 0.1) is 35.0 Å². The van der Waals surface area contributed by atoms with E-state index in [1.54, 1.807) is 0 Å². The molecule has 0 heterocycles. The minimum absolute atomic E-state index is 0.0117. The van der Waals surface area contributed by atoms with Gasteiger partial charge in [0.05, 0.1) is 0 Å². The first-order chi connectivity index (χ1) is 9.59. The summed E-state index contributed by atoms with van der Waals surface area (Å²) in [6, 6.07) is 0. The summed E-state index contributed by atoms with van der Waals surface area (Å²) in [6.45, 7) is 2.23. The minimum atomic E-state index is -0.0117. The van der Waals surface area contributed by atoms with Crippen LogP contribution in [0.2, 0.25) is 0 Å². The summed E-state index contributed by atoms with van der Waals surface area (Å²) in [4.78, 5) is 23.9. The summed E-state index contributed by atoms with van der Waals surface area (Å²) in [5.41, 5.74) is -0.0117. The molecule has 0 aromatic heterocycles. The van der Waals surface area contributed by atoms with Crippen LogP contribution in [0.25, 0.3) is 0 Å². The quantitative estimate of drug-likeness (QED) is 0.676. The zero-order chi connectivity index (χ0) is 13.9. The molecule has 0 bridgehead atoms. The number of ketones is 2. The standard InChI is InChI=1S/C18H24O2/c1-18-9-8-14-13-5-3-12(19)10-11(13)2-4-15(14)16(18)6-7-17(18)20/h3,5,11,13-16H,2,4,6-10H2,1H3/t11-,13-,14+,15+,16-,18-/m0/s1. The zero-order valence-corrected chi connectivity index (χ0v) is 12.3. The number of hydrogen-bond acceptors (Lipinski definition) is 2. The number of Topliss-reactive ketones (excluding diaryl/α,β-unsaturated/α-hetero) is 1. The average molecular weight is 272 g/mol. The predicted molar refractivity (Wildman–Crippen MR) is 77.0 cm³/mol. The molecule has 3 fully saturated rings. The molecule has 0 saturated heterocycles. The molecule has 0 radical (unpaired) electrons. The van der Waals surface area contributed by atoms with Crippen molar-refractivity contribution in [3.05, 3.63) is 12.2 Å². The molecule has 0 aliphatic heterocycles. The maximum Gasteiger partial charge on any atom is 0.155 e. The molecule has 0 N–H and O–H groups in total. The van der Waals surface area contributed by atoms with Gasteiger partial charge in [0.15, 0.2) is 5.78 Å². The van der Waals surface area contributed by atoms with Gasteiger partial charge in [-0.3, -0.25) is 9.59 Å². The molecular formula is C18H24O2. The second-order valence-electron chi connectivity index (χ2n) is 7.80. The van der Waals surface area contributed by atoms with Crippen LogP contribution in [0.1, 0.15) is 51.9 Å². The third kappa shape index (κ3) is 1.63. The van der Waals surface area contributed by atoms with Crippen LogP contribution >= 0.6 is 0 Å².